The van der Waals surface area contributed by atoms with Gasteiger partial charge in [-0.15, -0.1) is 12.3 Å². The first-order valence-electron chi connectivity index (χ1n) is 16.2. The number of carbonyl (C=O) groups excluding carboxylic acids is 5. The summed E-state index contributed by atoms with van der Waals surface area (Å²) in [7, 11) is -1.21. The molecule has 2 aliphatic rings. The van der Waals surface area contributed by atoms with Gasteiger partial charge in [-0.2, -0.15) is 0 Å². The average Bonchev–Trinajstić information content (AvgIpc) is 3.62. The lowest BCUT2D eigenvalue weighted by Gasteiger charge is -2.38. The van der Waals surface area contributed by atoms with Crippen LogP contribution in [0.15, 0.2) is 0 Å². The van der Waals surface area contributed by atoms with Crippen LogP contribution in [-0.2, 0) is 30.0 Å². The minimum absolute atomic E-state index is 0.0162. The van der Waals surface area contributed by atoms with E-state index in [0.29, 0.717) is 32.2 Å². The van der Waals surface area contributed by atoms with Crippen LogP contribution < -0.4 is 21.3 Å². The van der Waals surface area contributed by atoms with E-state index in [2.05, 4.69) is 27.2 Å². The number of hydrogen-bond acceptors (Lipinski definition) is 6. The number of likely N-dealkylation sites (tertiary alicyclic amines) is 1. The Morgan fingerprint density at radius 2 is 1.64 bits per heavy atom. The van der Waals surface area contributed by atoms with E-state index in [9.17, 15) is 28.2 Å². The predicted molar refractivity (Wildman–Crippen MR) is 177 cm³/mol. The first-order valence-corrected chi connectivity index (χ1v) is 17.6. The number of carbonyl (C=O) groups is 5. The Bertz CT molecular complexity index is 1170. The van der Waals surface area contributed by atoms with Crippen LogP contribution in [0.5, 0.6) is 0 Å². The maximum atomic E-state index is 14.0. The van der Waals surface area contributed by atoms with Crippen LogP contribution in [0.4, 0.5) is 4.79 Å². The molecule has 1 aliphatic heterocycles. The van der Waals surface area contributed by atoms with E-state index < -0.39 is 74.2 Å². The third kappa shape index (κ3) is 11.1. The summed E-state index contributed by atoms with van der Waals surface area (Å²) < 4.78 is 12.7. The Balaban J connectivity index is 2.22. The molecule has 4 unspecified atom stereocenters. The summed E-state index contributed by atoms with van der Waals surface area (Å²) in [5.74, 6) is 0.276. The second-order valence-electron chi connectivity index (χ2n) is 14.5. The fourth-order valence-corrected chi connectivity index (χ4v) is 6.77. The maximum absolute atomic E-state index is 14.0. The van der Waals surface area contributed by atoms with Crippen molar-refractivity contribution < 1.29 is 28.2 Å². The van der Waals surface area contributed by atoms with Gasteiger partial charge in [0.1, 0.15) is 12.1 Å². The Kier molecular flexibility index (Phi) is 13.6. The Morgan fingerprint density at radius 3 is 2.16 bits per heavy atom. The lowest BCUT2D eigenvalue weighted by Crippen LogP contribution is -2.63. The summed E-state index contributed by atoms with van der Waals surface area (Å²) in [6.07, 6.45) is 10.2. The number of nitrogens with one attached hydrogen (secondary N) is 4. The van der Waals surface area contributed by atoms with Gasteiger partial charge >= 0.3 is 6.03 Å². The van der Waals surface area contributed by atoms with Crippen molar-refractivity contribution in [3.05, 3.63) is 0 Å². The van der Waals surface area contributed by atoms with Crippen LogP contribution in [0, 0.1) is 17.8 Å². The van der Waals surface area contributed by atoms with Gasteiger partial charge in [0.2, 0.25) is 17.6 Å². The average molecular weight is 650 g/mol. The molecule has 5 amide bonds. The highest BCUT2D eigenvalue weighted by molar-refractivity contribution is 7.86. The molecule has 45 heavy (non-hydrogen) atoms. The summed E-state index contributed by atoms with van der Waals surface area (Å²) in [5.41, 5.74) is -1.43. The molecule has 12 heteroatoms. The molecule has 1 saturated heterocycles. The Morgan fingerprint density at radius 1 is 1.00 bits per heavy atom. The van der Waals surface area contributed by atoms with Crippen molar-refractivity contribution in [1.29, 1.82) is 0 Å². The van der Waals surface area contributed by atoms with Crippen LogP contribution in [0.25, 0.3) is 0 Å². The lowest BCUT2D eigenvalue weighted by molar-refractivity contribution is -0.143. The van der Waals surface area contributed by atoms with Gasteiger partial charge in [-0.1, -0.05) is 41.0 Å². The molecule has 1 saturated carbocycles. The molecule has 4 N–H and O–H groups in total. The number of hydrogen-bond donors (Lipinski definition) is 4. The molecule has 0 spiro atoms. The molecule has 0 aromatic carbocycles. The van der Waals surface area contributed by atoms with Gasteiger partial charge in [0, 0.05) is 40.3 Å². The minimum Gasteiger partial charge on any atom is -0.347 e. The van der Waals surface area contributed by atoms with Crippen LogP contribution in [0.2, 0.25) is 0 Å². The highest BCUT2D eigenvalue weighted by Crippen LogP contribution is 2.28. The number of rotatable bonds is 15. The van der Waals surface area contributed by atoms with Crippen molar-refractivity contribution in [3.63, 3.8) is 0 Å². The molecular weight excluding hydrogens is 594 g/mol. The molecular formula is C33H55N5O6S. The first kappa shape index (κ1) is 38.2. The third-order valence-corrected chi connectivity index (χ3v) is 10.6. The smallest absolute Gasteiger partial charge is 0.315 e. The summed E-state index contributed by atoms with van der Waals surface area (Å²) in [6.45, 7) is 15.5. The quantitative estimate of drug-likeness (QED) is 0.158. The molecule has 1 heterocycles. The van der Waals surface area contributed by atoms with Gasteiger partial charge < -0.3 is 26.2 Å². The molecule has 0 aromatic heterocycles. The van der Waals surface area contributed by atoms with Gasteiger partial charge in [-0.3, -0.25) is 23.4 Å². The van der Waals surface area contributed by atoms with Gasteiger partial charge in [-0.05, 0) is 71.1 Å². The number of terminal acetylenes is 1. The SMILES string of the molecule is C#CCCC(NC(=O)[C@@H]1CCCN1C(=O)C(NC(=O)NC(CC)(CCC)CS(=O)C(C)(C)C)C(C)(C)C)C(=O)C(=O)NC1CC1. The van der Waals surface area contributed by atoms with Crippen molar-refractivity contribution >= 4 is 40.3 Å². The molecule has 0 aromatic rings. The summed E-state index contributed by atoms with van der Waals surface area (Å²) in [5, 5.41) is 11.3. The zero-order valence-electron chi connectivity index (χ0n) is 28.5. The van der Waals surface area contributed by atoms with Crippen molar-refractivity contribution in [2.24, 2.45) is 5.41 Å². The van der Waals surface area contributed by atoms with E-state index in [4.69, 9.17) is 6.42 Å². The molecule has 254 valence electrons. The molecule has 5 atom stereocenters. The molecule has 1 aliphatic carbocycles. The predicted octanol–water partition coefficient (Wildman–Crippen LogP) is 2.93. The van der Waals surface area contributed by atoms with Gasteiger partial charge in [0.15, 0.2) is 0 Å². The third-order valence-electron chi connectivity index (χ3n) is 8.45. The van der Waals surface area contributed by atoms with Crippen LogP contribution >= 0.6 is 0 Å². The summed E-state index contributed by atoms with van der Waals surface area (Å²) >= 11 is 0. The standard InChI is InChI=1S/C33H55N5O6S/c1-10-13-15-23(25(39)28(41)34-22-17-18-22)35-27(40)24-16-14-20-38(24)29(42)26(31(4,5)6)36-30(43)37-33(12-3,19-11-2)21-45(44)32(7,8)9/h1,22-24,26H,11-21H2,2-9H3,(H,34,41)(H,35,40)(H2,36,37,43)/t23?,24-,26?,33?,45?/m0/s1. The van der Waals surface area contributed by atoms with E-state index >= 15 is 0 Å². The number of ketones is 1. The van der Waals surface area contributed by atoms with Crippen LogP contribution in [0.3, 0.4) is 0 Å². The highest BCUT2D eigenvalue weighted by Gasteiger charge is 2.44. The Labute approximate surface area is 272 Å². The van der Waals surface area contributed by atoms with Crippen LogP contribution in [-0.4, -0.2) is 85.4 Å². The molecule has 0 radical (unpaired) electrons. The molecule has 2 rings (SSSR count). The molecule has 11 nitrogen and oxygen atoms in total. The Hall–Kier alpha value is -2.94. The second kappa shape index (κ2) is 16.1. The maximum Gasteiger partial charge on any atom is 0.315 e. The number of Topliss-reactive ketones (excluding diaryl/α,β-unsaturated/α-hetero) is 1. The lowest BCUT2D eigenvalue weighted by atomic mass is 9.85. The summed E-state index contributed by atoms with van der Waals surface area (Å²) in [4.78, 5) is 67.9. The van der Waals surface area contributed by atoms with E-state index in [1.807, 2.05) is 55.4 Å². The zero-order valence-corrected chi connectivity index (χ0v) is 29.3. The minimum atomic E-state index is -1.21. The van der Waals surface area contributed by atoms with Gasteiger partial charge in [0.05, 0.1) is 11.6 Å². The number of nitrogens with zero attached hydrogens (tertiary/aromatic N) is 1. The van der Waals surface area contributed by atoms with Gasteiger partial charge in [0.25, 0.3) is 5.91 Å². The van der Waals surface area contributed by atoms with Crippen molar-refractivity contribution in [2.45, 2.75) is 148 Å². The fourth-order valence-electron chi connectivity index (χ4n) is 5.42. The number of urea groups is 1. The van der Waals surface area contributed by atoms with E-state index in [-0.39, 0.29) is 24.6 Å². The highest BCUT2D eigenvalue weighted by atomic mass is 32.2. The van der Waals surface area contributed by atoms with Crippen molar-refractivity contribution in [2.75, 3.05) is 12.3 Å². The first-order chi connectivity index (χ1) is 20.9. The zero-order chi connectivity index (χ0) is 34.2. The van der Waals surface area contributed by atoms with Crippen LogP contribution in [0.1, 0.15) is 113 Å². The largest absolute Gasteiger partial charge is 0.347 e. The van der Waals surface area contributed by atoms with E-state index in [0.717, 1.165) is 19.3 Å². The van der Waals surface area contributed by atoms with E-state index in [1.54, 1.807) is 0 Å². The van der Waals surface area contributed by atoms with E-state index in [1.165, 1.54) is 4.90 Å². The normalized spacial score (nSPS) is 20.2. The van der Waals surface area contributed by atoms with Gasteiger partial charge in [-0.25, -0.2) is 4.79 Å². The topological polar surface area (TPSA) is 154 Å². The van der Waals surface area contributed by atoms with Crippen molar-refractivity contribution in [1.82, 2.24) is 26.2 Å². The fraction of sp³-hybridized carbons (Fsp3) is 0.788. The molecule has 2 fully saturated rings. The van der Waals surface area contributed by atoms with Crippen molar-refractivity contribution in [3.8, 4) is 12.3 Å². The monoisotopic (exact) mass is 649 g/mol. The molecule has 0 bridgehead atoms. The number of amides is 5. The second-order valence-corrected chi connectivity index (χ2v) is 16.7. The summed E-state index contributed by atoms with van der Waals surface area (Å²) in [6, 6.07) is -3.50.